The van der Waals surface area contributed by atoms with Gasteiger partial charge in [0, 0.05) is 39.3 Å². The van der Waals surface area contributed by atoms with Gasteiger partial charge in [-0.3, -0.25) is 4.79 Å². The molecule has 0 saturated carbocycles. The Morgan fingerprint density at radius 1 is 1.19 bits per heavy atom. The maximum absolute atomic E-state index is 12.7. The first kappa shape index (κ1) is 18.8. The number of anilines is 3. The molecule has 0 unspecified atom stereocenters. The van der Waals surface area contributed by atoms with Crippen molar-refractivity contribution in [3.63, 3.8) is 0 Å². The maximum Gasteiger partial charge on any atom is 0.227 e. The lowest BCUT2D eigenvalue weighted by Crippen LogP contribution is -2.38. The van der Waals surface area contributed by atoms with Crippen molar-refractivity contribution in [3.05, 3.63) is 46.6 Å². The Morgan fingerprint density at radius 2 is 1.92 bits per heavy atom. The molecular weight excluding hydrogens is 371 g/mol. The second-order valence-corrected chi connectivity index (χ2v) is 7.46. The van der Waals surface area contributed by atoms with Gasteiger partial charge in [0.15, 0.2) is 0 Å². The highest BCUT2D eigenvalue weighted by atomic mass is 35.5. The van der Waals surface area contributed by atoms with Crippen molar-refractivity contribution < 1.29 is 4.79 Å². The van der Waals surface area contributed by atoms with Gasteiger partial charge in [0.2, 0.25) is 5.91 Å². The molecule has 0 spiro atoms. The van der Waals surface area contributed by atoms with Crippen LogP contribution in [0.2, 0.25) is 10.0 Å². The van der Waals surface area contributed by atoms with Crippen LogP contribution in [0.5, 0.6) is 0 Å². The molecule has 0 bridgehead atoms. The summed E-state index contributed by atoms with van der Waals surface area (Å²) in [7, 11) is 3.82. The predicted molar refractivity (Wildman–Crippen MR) is 109 cm³/mol. The normalized spacial score (nSPS) is 15.0. The van der Waals surface area contributed by atoms with Crippen molar-refractivity contribution >= 4 is 46.3 Å². The van der Waals surface area contributed by atoms with Crippen LogP contribution in [0.4, 0.5) is 17.2 Å². The van der Waals surface area contributed by atoms with E-state index in [9.17, 15) is 4.79 Å². The molecule has 0 aliphatic carbocycles. The predicted octanol–water partition coefficient (Wildman–Crippen LogP) is 4.31. The van der Waals surface area contributed by atoms with Gasteiger partial charge in [-0.15, -0.1) is 0 Å². The summed E-state index contributed by atoms with van der Waals surface area (Å²) < 4.78 is 0. The number of nitrogens with zero attached hydrogens (tertiary/aromatic N) is 3. The lowest BCUT2D eigenvalue weighted by atomic mass is 9.95. The minimum absolute atomic E-state index is 0.0208. The molecule has 1 aromatic heterocycles. The minimum atomic E-state index is -0.0208. The Kier molecular flexibility index (Phi) is 5.89. The number of nitrogens with one attached hydrogen (secondary N) is 1. The number of amides is 1. The van der Waals surface area contributed by atoms with E-state index in [1.807, 2.05) is 49.3 Å². The lowest BCUT2D eigenvalue weighted by Gasteiger charge is -2.32. The Bertz CT molecular complexity index is 772. The molecule has 1 fully saturated rings. The number of hydrogen-bond acceptors (Lipinski definition) is 4. The van der Waals surface area contributed by atoms with E-state index in [0.29, 0.717) is 10.0 Å². The van der Waals surface area contributed by atoms with Crippen molar-refractivity contribution in [1.82, 2.24) is 4.98 Å². The lowest BCUT2D eigenvalue weighted by molar-refractivity contribution is -0.120. The average molecular weight is 393 g/mol. The molecule has 0 atom stereocenters. The summed E-state index contributed by atoms with van der Waals surface area (Å²) in [5.74, 6) is 0.921. The first-order chi connectivity index (χ1) is 12.5. The van der Waals surface area contributed by atoms with Crippen LogP contribution < -0.4 is 15.1 Å². The molecule has 138 valence electrons. The van der Waals surface area contributed by atoms with Gasteiger partial charge in [-0.2, -0.15) is 0 Å². The average Bonchev–Trinajstić information content (AvgIpc) is 2.62. The third-order valence-corrected chi connectivity index (χ3v) is 5.12. The number of rotatable bonds is 4. The van der Waals surface area contributed by atoms with Gasteiger partial charge in [0.05, 0.1) is 21.4 Å². The second-order valence-electron chi connectivity index (χ2n) is 6.62. The molecule has 1 saturated heterocycles. The van der Waals surface area contributed by atoms with Crippen LogP contribution in [0.15, 0.2) is 36.5 Å². The van der Waals surface area contributed by atoms with Crippen molar-refractivity contribution in [3.8, 4) is 0 Å². The first-order valence-corrected chi connectivity index (χ1v) is 9.34. The number of aromatic nitrogens is 1. The quantitative estimate of drug-likeness (QED) is 0.841. The second kappa shape index (κ2) is 8.14. The third-order valence-electron chi connectivity index (χ3n) is 4.59. The van der Waals surface area contributed by atoms with Gasteiger partial charge in [-0.1, -0.05) is 29.3 Å². The van der Waals surface area contributed by atoms with Crippen molar-refractivity contribution in [1.29, 1.82) is 0 Å². The SMILES string of the molecule is CN(C)c1c(Cl)cccc1NC(=O)C1CCN(c2ccc(Cl)cn2)CC1. The molecule has 7 heteroatoms. The topological polar surface area (TPSA) is 48.5 Å². The van der Waals surface area contributed by atoms with Crippen LogP contribution in [0.1, 0.15) is 12.8 Å². The summed E-state index contributed by atoms with van der Waals surface area (Å²) in [4.78, 5) is 21.2. The number of pyridine rings is 1. The summed E-state index contributed by atoms with van der Waals surface area (Å²) in [5.41, 5.74) is 1.57. The van der Waals surface area contributed by atoms with E-state index in [0.717, 1.165) is 43.1 Å². The zero-order valence-electron chi connectivity index (χ0n) is 14.9. The monoisotopic (exact) mass is 392 g/mol. The molecule has 3 rings (SSSR count). The number of hydrogen-bond donors (Lipinski definition) is 1. The maximum atomic E-state index is 12.7. The molecule has 1 aliphatic heterocycles. The molecule has 1 amide bonds. The van der Waals surface area contributed by atoms with Crippen LogP contribution in [0.25, 0.3) is 0 Å². The van der Waals surface area contributed by atoms with Crippen LogP contribution >= 0.6 is 23.2 Å². The highest BCUT2D eigenvalue weighted by Crippen LogP contribution is 2.33. The molecular formula is C19H22Cl2N4O. The standard InChI is InChI=1S/C19H22Cl2N4O/c1-24(2)18-15(21)4-3-5-16(18)23-19(26)13-8-10-25(11-9-13)17-7-6-14(20)12-22-17/h3-7,12-13H,8-11H2,1-2H3,(H,23,26). The summed E-state index contributed by atoms with van der Waals surface area (Å²) in [6.45, 7) is 1.59. The van der Waals surface area contributed by atoms with Gasteiger partial charge >= 0.3 is 0 Å². The fraction of sp³-hybridized carbons (Fsp3) is 0.368. The van der Waals surface area contributed by atoms with Crippen LogP contribution in [0, 0.1) is 5.92 Å². The minimum Gasteiger partial charge on any atom is -0.375 e. The summed E-state index contributed by atoms with van der Waals surface area (Å²) in [5, 5.41) is 4.30. The van der Waals surface area contributed by atoms with Gasteiger partial charge in [-0.05, 0) is 37.1 Å². The number of piperidine rings is 1. The molecule has 5 nitrogen and oxygen atoms in total. The highest BCUT2D eigenvalue weighted by Gasteiger charge is 2.26. The summed E-state index contributed by atoms with van der Waals surface area (Å²) >= 11 is 12.2. The fourth-order valence-corrected chi connectivity index (χ4v) is 3.69. The fourth-order valence-electron chi connectivity index (χ4n) is 3.23. The van der Waals surface area contributed by atoms with Crippen molar-refractivity contribution in [2.75, 3.05) is 42.3 Å². The first-order valence-electron chi connectivity index (χ1n) is 8.59. The van der Waals surface area contributed by atoms with E-state index in [4.69, 9.17) is 23.2 Å². The van der Waals surface area contributed by atoms with E-state index in [1.54, 1.807) is 6.20 Å². The Morgan fingerprint density at radius 3 is 2.54 bits per heavy atom. The molecule has 26 heavy (non-hydrogen) atoms. The zero-order valence-corrected chi connectivity index (χ0v) is 16.4. The molecule has 1 aromatic carbocycles. The number of para-hydroxylation sites is 1. The van der Waals surface area contributed by atoms with Crippen LogP contribution in [-0.2, 0) is 4.79 Å². The molecule has 2 aromatic rings. The van der Waals surface area contributed by atoms with Crippen molar-refractivity contribution in [2.24, 2.45) is 5.92 Å². The van der Waals surface area contributed by atoms with Gasteiger partial charge in [0.1, 0.15) is 5.82 Å². The number of carbonyl (C=O) groups excluding carboxylic acids is 1. The van der Waals surface area contributed by atoms with Gasteiger partial charge < -0.3 is 15.1 Å². The Balaban J connectivity index is 1.63. The molecule has 2 heterocycles. The van der Waals surface area contributed by atoms with Crippen LogP contribution in [-0.4, -0.2) is 38.1 Å². The van der Waals surface area contributed by atoms with E-state index >= 15 is 0 Å². The largest absolute Gasteiger partial charge is 0.375 e. The van der Waals surface area contributed by atoms with E-state index in [1.165, 1.54) is 0 Å². The Labute approximate surface area is 163 Å². The number of carbonyl (C=O) groups is 1. The smallest absolute Gasteiger partial charge is 0.227 e. The van der Waals surface area contributed by atoms with E-state index < -0.39 is 0 Å². The Hall–Kier alpha value is -1.98. The van der Waals surface area contributed by atoms with Gasteiger partial charge in [-0.25, -0.2) is 4.98 Å². The van der Waals surface area contributed by atoms with Crippen LogP contribution in [0.3, 0.4) is 0 Å². The van der Waals surface area contributed by atoms with E-state index in [-0.39, 0.29) is 11.8 Å². The van der Waals surface area contributed by atoms with E-state index in [2.05, 4.69) is 15.2 Å². The molecule has 1 aliphatic rings. The van der Waals surface area contributed by atoms with Crippen molar-refractivity contribution in [2.45, 2.75) is 12.8 Å². The third kappa shape index (κ3) is 4.22. The number of halogens is 2. The molecule has 0 radical (unpaired) electrons. The van der Waals surface area contributed by atoms with Gasteiger partial charge in [0.25, 0.3) is 0 Å². The summed E-state index contributed by atoms with van der Waals surface area (Å²) in [6.07, 6.45) is 3.22. The zero-order chi connectivity index (χ0) is 18.7. The molecule has 1 N–H and O–H groups in total. The highest BCUT2D eigenvalue weighted by molar-refractivity contribution is 6.34. The number of benzene rings is 1. The summed E-state index contributed by atoms with van der Waals surface area (Å²) in [6, 6.07) is 9.30.